The SMILES string of the molecule is CC(C)Cc1nc(CS(=O)(=O)c2nccn2C)no1. The summed E-state index contributed by atoms with van der Waals surface area (Å²) in [5, 5.41) is 3.69. The molecule has 0 unspecified atom stereocenters. The Hall–Kier alpha value is -1.70. The third-order valence-corrected chi connectivity index (χ3v) is 4.06. The minimum atomic E-state index is -3.55. The van der Waals surface area contributed by atoms with Gasteiger partial charge in [-0.15, -0.1) is 0 Å². The summed E-state index contributed by atoms with van der Waals surface area (Å²) in [5.74, 6) is 0.692. The van der Waals surface area contributed by atoms with Gasteiger partial charge in [0.15, 0.2) is 5.82 Å². The minimum absolute atomic E-state index is 0.00251. The third kappa shape index (κ3) is 3.19. The quantitative estimate of drug-likeness (QED) is 0.812. The number of sulfone groups is 1. The molecular formula is C11H16N4O3S. The molecule has 0 fully saturated rings. The first-order valence-electron chi connectivity index (χ1n) is 5.90. The summed E-state index contributed by atoms with van der Waals surface area (Å²) in [6.07, 6.45) is 3.65. The fourth-order valence-electron chi connectivity index (χ4n) is 1.67. The van der Waals surface area contributed by atoms with Crippen LogP contribution in [0.4, 0.5) is 0 Å². The highest BCUT2D eigenvalue weighted by molar-refractivity contribution is 7.90. The number of aryl methyl sites for hydroxylation is 1. The van der Waals surface area contributed by atoms with Gasteiger partial charge in [0.2, 0.25) is 20.9 Å². The van der Waals surface area contributed by atoms with E-state index in [0.29, 0.717) is 18.2 Å². The first-order chi connectivity index (χ1) is 8.88. The van der Waals surface area contributed by atoms with Crippen LogP contribution in [0, 0.1) is 5.92 Å². The van der Waals surface area contributed by atoms with Crippen molar-refractivity contribution in [3.8, 4) is 0 Å². The highest BCUT2D eigenvalue weighted by Crippen LogP contribution is 2.13. The standard InChI is InChI=1S/C11H16N4O3S/c1-8(2)6-10-13-9(14-18-10)7-19(16,17)11-12-4-5-15(11)3/h4-5,8H,6-7H2,1-3H3. The second-order valence-electron chi connectivity index (χ2n) is 4.78. The molecule has 2 aromatic heterocycles. The third-order valence-electron chi connectivity index (χ3n) is 2.47. The molecule has 0 saturated heterocycles. The molecule has 0 aromatic carbocycles. The predicted molar refractivity (Wildman–Crippen MR) is 66.9 cm³/mol. The summed E-state index contributed by atoms with van der Waals surface area (Å²) < 4.78 is 30.7. The van der Waals surface area contributed by atoms with E-state index in [1.807, 2.05) is 13.8 Å². The maximum absolute atomic E-state index is 12.1. The zero-order valence-electron chi connectivity index (χ0n) is 11.1. The van der Waals surface area contributed by atoms with Crippen LogP contribution in [0.1, 0.15) is 25.6 Å². The van der Waals surface area contributed by atoms with Crippen LogP contribution in [0.15, 0.2) is 22.1 Å². The molecule has 0 atom stereocenters. The van der Waals surface area contributed by atoms with Gasteiger partial charge in [-0.05, 0) is 5.92 Å². The first kappa shape index (κ1) is 13.7. The molecule has 0 saturated carbocycles. The van der Waals surface area contributed by atoms with Crippen molar-refractivity contribution in [3.05, 3.63) is 24.1 Å². The van der Waals surface area contributed by atoms with Crippen molar-refractivity contribution in [2.24, 2.45) is 13.0 Å². The lowest BCUT2D eigenvalue weighted by Gasteiger charge is -2.00. The summed E-state index contributed by atoms with van der Waals surface area (Å²) >= 11 is 0. The summed E-state index contributed by atoms with van der Waals surface area (Å²) in [5.41, 5.74) is 0. The minimum Gasteiger partial charge on any atom is -0.339 e. The van der Waals surface area contributed by atoms with E-state index in [9.17, 15) is 8.42 Å². The van der Waals surface area contributed by atoms with Crippen molar-refractivity contribution in [2.75, 3.05) is 0 Å². The molecule has 2 aromatic rings. The molecule has 0 aliphatic heterocycles. The van der Waals surface area contributed by atoms with Crippen molar-refractivity contribution in [3.63, 3.8) is 0 Å². The van der Waals surface area contributed by atoms with Crippen LogP contribution in [0.5, 0.6) is 0 Å². The predicted octanol–water partition coefficient (Wildman–Crippen LogP) is 0.976. The Bertz CT molecular complexity index is 657. The Morgan fingerprint density at radius 1 is 1.42 bits per heavy atom. The van der Waals surface area contributed by atoms with Crippen LogP contribution in [0.3, 0.4) is 0 Å². The van der Waals surface area contributed by atoms with Crippen LogP contribution in [-0.4, -0.2) is 28.1 Å². The van der Waals surface area contributed by atoms with E-state index in [4.69, 9.17) is 4.52 Å². The summed E-state index contributed by atoms with van der Waals surface area (Å²) in [7, 11) is -1.92. The maximum atomic E-state index is 12.1. The van der Waals surface area contributed by atoms with E-state index >= 15 is 0 Å². The van der Waals surface area contributed by atoms with Crippen molar-refractivity contribution < 1.29 is 12.9 Å². The highest BCUT2D eigenvalue weighted by atomic mass is 32.2. The molecule has 0 spiro atoms. The lowest BCUT2D eigenvalue weighted by molar-refractivity contribution is 0.359. The molecule has 7 nitrogen and oxygen atoms in total. The van der Waals surface area contributed by atoms with E-state index < -0.39 is 9.84 Å². The Morgan fingerprint density at radius 3 is 2.74 bits per heavy atom. The number of nitrogens with zero attached hydrogens (tertiary/aromatic N) is 4. The average Bonchev–Trinajstić information content (AvgIpc) is 2.86. The van der Waals surface area contributed by atoms with E-state index in [-0.39, 0.29) is 16.7 Å². The average molecular weight is 284 g/mol. The molecular weight excluding hydrogens is 268 g/mol. The van der Waals surface area contributed by atoms with Gasteiger partial charge in [0, 0.05) is 25.9 Å². The zero-order chi connectivity index (χ0) is 14.0. The second kappa shape index (κ2) is 5.12. The second-order valence-corrected chi connectivity index (χ2v) is 6.67. The van der Waals surface area contributed by atoms with Gasteiger partial charge in [0.1, 0.15) is 5.75 Å². The molecule has 0 aliphatic rings. The molecule has 8 heteroatoms. The van der Waals surface area contributed by atoms with Gasteiger partial charge in [-0.1, -0.05) is 19.0 Å². The summed E-state index contributed by atoms with van der Waals surface area (Å²) in [6.45, 7) is 4.04. The first-order valence-corrected chi connectivity index (χ1v) is 7.55. The largest absolute Gasteiger partial charge is 0.339 e. The molecule has 0 N–H and O–H groups in total. The molecule has 0 bridgehead atoms. The number of hydrogen-bond donors (Lipinski definition) is 0. The van der Waals surface area contributed by atoms with E-state index in [0.717, 1.165) is 0 Å². The monoisotopic (exact) mass is 284 g/mol. The number of imidazole rings is 1. The van der Waals surface area contributed by atoms with Crippen molar-refractivity contribution in [1.29, 1.82) is 0 Å². The molecule has 104 valence electrons. The molecule has 19 heavy (non-hydrogen) atoms. The van der Waals surface area contributed by atoms with Gasteiger partial charge in [-0.25, -0.2) is 13.4 Å². The van der Waals surface area contributed by atoms with Gasteiger partial charge in [0.05, 0.1) is 0 Å². The van der Waals surface area contributed by atoms with Gasteiger partial charge < -0.3 is 9.09 Å². The van der Waals surface area contributed by atoms with Crippen molar-refractivity contribution >= 4 is 9.84 Å². The Balaban J connectivity index is 2.17. The van der Waals surface area contributed by atoms with Crippen LogP contribution in [0.2, 0.25) is 0 Å². The number of aromatic nitrogens is 4. The fourth-order valence-corrected chi connectivity index (χ4v) is 2.97. The summed E-state index contributed by atoms with van der Waals surface area (Å²) in [4.78, 5) is 7.91. The highest BCUT2D eigenvalue weighted by Gasteiger charge is 2.23. The topological polar surface area (TPSA) is 90.9 Å². The summed E-state index contributed by atoms with van der Waals surface area (Å²) in [6, 6.07) is 0. The zero-order valence-corrected chi connectivity index (χ0v) is 11.9. The number of rotatable bonds is 5. The van der Waals surface area contributed by atoms with E-state index in [1.54, 1.807) is 13.2 Å². The van der Waals surface area contributed by atoms with Crippen molar-refractivity contribution in [1.82, 2.24) is 19.7 Å². The molecule has 0 amide bonds. The van der Waals surface area contributed by atoms with E-state index in [2.05, 4.69) is 15.1 Å². The number of hydrogen-bond acceptors (Lipinski definition) is 6. The van der Waals surface area contributed by atoms with Crippen LogP contribution < -0.4 is 0 Å². The fraction of sp³-hybridized carbons (Fsp3) is 0.545. The lowest BCUT2D eigenvalue weighted by Crippen LogP contribution is -2.11. The Morgan fingerprint density at radius 2 is 2.16 bits per heavy atom. The van der Waals surface area contributed by atoms with Crippen molar-refractivity contribution in [2.45, 2.75) is 31.2 Å². The smallest absolute Gasteiger partial charge is 0.227 e. The normalized spacial score (nSPS) is 12.2. The van der Waals surface area contributed by atoms with Gasteiger partial charge in [0.25, 0.3) is 0 Å². The molecule has 0 aliphatic carbocycles. The van der Waals surface area contributed by atoms with Gasteiger partial charge in [-0.2, -0.15) is 4.98 Å². The van der Waals surface area contributed by atoms with Gasteiger partial charge >= 0.3 is 0 Å². The lowest BCUT2D eigenvalue weighted by atomic mass is 10.1. The molecule has 0 radical (unpaired) electrons. The van der Waals surface area contributed by atoms with Crippen LogP contribution >= 0.6 is 0 Å². The Kier molecular flexibility index (Phi) is 3.70. The Labute approximate surface area is 111 Å². The van der Waals surface area contributed by atoms with Crippen LogP contribution in [0.25, 0.3) is 0 Å². The van der Waals surface area contributed by atoms with E-state index in [1.165, 1.54) is 10.8 Å². The molecule has 2 rings (SSSR count). The molecule has 2 heterocycles. The van der Waals surface area contributed by atoms with Gasteiger partial charge in [-0.3, -0.25) is 0 Å². The van der Waals surface area contributed by atoms with Crippen LogP contribution in [-0.2, 0) is 29.1 Å². The maximum Gasteiger partial charge on any atom is 0.227 e.